The van der Waals surface area contributed by atoms with E-state index < -0.39 is 5.97 Å². The third-order valence-electron chi connectivity index (χ3n) is 2.95. The molecule has 0 radical (unpaired) electrons. The van der Waals surface area contributed by atoms with Crippen molar-refractivity contribution in [2.24, 2.45) is 0 Å². The lowest BCUT2D eigenvalue weighted by molar-refractivity contribution is 0.0694. The maximum Gasteiger partial charge on any atom is 0.335 e. The van der Waals surface area contributed by atoms with Crippen LogP contribution in [0.3, 0.4) is 0 Å². The number of hydrogen-bond acceptors (Lipinski definition) is 2. The molecule has 0 aromatic heterocycles. The Kier molecular flexibility index (Phi) is 3.46. The first-order valence-electron chi connectivity index (χ1n) is 5.88. The van der Waals surface area contributed by atoms with Gasteiger partial charge in [0.2, 0.25) is 0 Å². The van der Waals surface area contributed by atoms with Crippen LogP contribution in [0.15, 0.2) is 36.9 Å². The van der Waals surface area contributed by atoms with E-state index in [1.807, 2.05) is 0 Å². The number of rotatable bonds is 5. The molecule has 0 aliphatic heterocycles. The Morgan fingerprint density at radius 2 is 1.83 bits per heavy atom. The minimum atomic E-state index is -0.987. The first-order valence-corrected chi connectivity index (χ1v) is 5.88. The van der Waals surface area contributed by atoms with Crippen molar-refractivity contribution >= 4 is 11.9 Å². The number of aromatic carboxylic acids is 1. The second-order valence-corrected chi connectivity index (χ2v) is 4.36. The van der Waals surface area contributed by atoms with E-state index in [0.717, 1.165) is 12.8 Å². The summed E-state index contributed by atoms with van der Waals surface area (Å²) in [4.78, 5) is 24.7. The van der Waals surface area contributed by atoms with Crippen LogP contribution in [0.4, 0.5) is 0 Å². The lowest BCUT2D eigenvalue weighted by Gasteiger charge is -2.20. The van der Waals surface area contributed by atoms with Gasteiger partial charge in [-0.1, -0.05) is 6.08 Å². The van der Waals surface area contributed by atoms with Crippen molar-refractivity contribution in [3.05, 3.63) is 48.0 Å². The standard InChI is InChI=1S/C14H15NO3/c1-2-9-15(12-7-8-12)13(16)10-3-5-11(6-4-10)14(17)18/h2-6,12H,1,7-9H2,(H,17,18). The van der Waals surface area contributed by atoms with Gasteiger partial charge >= 0.3 is 5.97 Å². The molecule has 94 valence electrons. The van der Waals surface area contributed by atoms with E-state index in [0.29, 0.717) is 18.2 Å². The number of carboxylic acids is 1. The Labute approximate surface area is 106 Å². The van der Waals surface area contributed by atoms with E-state index in [2.05, 4.69) is 6.58 Å². The SMILES string of the molecule is C=CCN(C(=O)c1ccc(C(=O)O)cc1)C1CC1. The van der Waals surface area contributed by atoms with Gasteiger partial charge in [-0.2, -0.15) is 0 Å². The first kappa shape index (κ1) is 12.4. The molecule has 1 fully saturated rings. The van der Waals surface area contributed by atoms with Crippen LogP contribution in [-0.4, -0.2) is 34.5 Å². The van der Waals surface area contributed by atoms with Gasteiger partial charge in [0.05, 0.1) is 5.56 Å². The summed E-state index contributed by atoms with van der Waals surface area (Å²) >= 11 is 0. The van der Waals surface area contributed by atoms with Crippen molar-refractivity contribution in [2.45, 2.75) is 18.9 Å². The molecule has 1 aromatic carbocycles. The lowest BCUT2D eigenvalue weighted by Crippen LogP contribution is -2.33. The van der Waals surface area contributed by atoms with Crippen LogP contribution in [0, 0.1) is 0 Å². The molecule has 1 aromatic rings. The summed E-state index contributed by atoms with van der Waals surface area (Å²) in [5.74, 6) is -1.05. The Bertz CT molecular complexity index is 474. The first-order chi connectivity index (χ1) is 8.63. The van der Waals surface area contributed by atoms with Crippen LogP contribution >= 0.6 is 0 Å². The smallest absolute Gasteiger partial charge is 0.335 e. The molecule has 0 unspecified atom stereocenters. The summed E-state index contributed by atoms with van der Waals surface area (Å²) in [7, 11) is 0. The maximum atomic E-state index is 12.2. The molecule has 1 saturated carbocycles. The summed E-state index contributed by atoms with van der Waals surface area (Å²) < 4.78 is 0. The second-order valence-electron chi connectivity index (χ2n) is 4.36. The summed E-state index contributed by atoms with van der Waals surface area (Å²) in [5.41, 5.74) is 0.710. The van der Waals surface area contributed by atoms with Crippen LogP contribution in [0.5, 0.6) is 0 Å². The largest absolute Gasteiger partial charge is 0.478 e. The molecule has 0 atom stereocenters. The van der Waals surface area contributed by atoms with Gasteiger partial charge in [0, 0.05) is 18.2 Å². The number of carbonyl (C=O) groups excluding carboxylic acids is 1. The minimum Gasteiger partial charge on any atom is -0.478 e. The average molecular weight is 245 g/mol. The average Bonchev–Trinajstić information content (AvgIpc) is 3.19. The number of carboxylic acid groups (broad SMARTS) is 1. The highest BCUT2D eigenvalue weighted by atomic mass is 16.4. The predicted octanol–water partition coefficient (Wildman–Crippen LogP) is 2.18. The molecular weight excluding hydrogens is 230 g/mol. The molecule has 0 saturated heterocycles. The molecule has 1 aliphatic carbocycles. The van der Waals surface area contributed by atoms with E-state index >= 15 is 0 Å². The van der Waals surface area contributed by atoms with Crippen LogP contribution in [0.25, 0.3) is 0 Å². The van der Waals surface area contributed by atoms with Gasteiger partial charge in [-0.25, -0.2) is 4.79 Å². The highest BCUT2D eigenvalue weighted by molar-refractivity contribution is 5.96. The molecule has 4 heteroatoms. The Hall–Kier alpha value is -2.10. The van der Waals surface area contributed by atoms with Crippen molar-refractivity contribution in [3.8, 4) is 0 Å². The maximum absolute atomic E-state index is 12.2. The van der Waals surface area contributed by atoms with Crippen molar-refractivity contribution in [1.29, 1.82) is 0 Å². The monoisotopic (exact) mass is 245 g/mol. The van der Waals surface area contributed by atoms with E-state index in [1.165, 1.54) is 12.1 Å². The number of carbonyl (C=O) groups is 2. The van der Waals surface area contributed by atoms with Gasteiger partial charge < -0.3 is 10.0 Å². The fraction of sp³-hybridized carbons (Fsp3) is 0.286. The zero-order chi connectivity index (χ0) is 13.1. The number of benzene rings is 1. The van der Waals surface area contributed by atoms with E-state index in [1.54, 1.807) is 23.1 Å². The van der Waals surface area contributed by atoms with Crippen LogP contribution in [-0.2, 0) is 0 Å². The Morgan fingerprint density at radius 1 is 1.28 bits per heavy atom. The van der Waals surface area contributed by atoms with Crippen molar-refractivity contribution in [2.75, 3.05) is 6.54 Å². The van der Waals surface area contributed by atoms with Crippen molar-refractivity contribution in [1.82, 2.24) is 4.90 Å². The third-order valence-corrected chi connectivity index (χ3v) is 2.95. The van der Waals surface area contributed by atoms with Crippen molar-refractivity contribution in [3.63, 3.8) is 0 Å². The van der Waals surface area contributed by atoms with Crippen molar-refractivity contribution < 1.29 is 14.7 Å². The summed E-state index contributed by atoms with van der Waals surface area (Å²) in [6, 6.07) is 6.34. The van der Waals surface area contributed by atoms with Gasteiger partial charge in [-0.05, 0) is 37.1 Å². The number of hydrogen-bond donors (Lipinski definition) is 1. The zero-order valence-corrected chi connectivity index (χ0v) is 10.0. The topological polar surface area (TPSA) is 57.6 Å². The van der Waals surface area contributed by atoms with Gasteiger partial charge in [0.15, 0.2) is 0 Å². The van der Waals surface area contributed by atoms with Crippen LogP contribution in [0.1, 0.15) is 33.6 Å². The van der Waals surface area contributed by atoms with Crippen LogP contribution in [0.2, 0.25) is 0 Å². The quantitative estimate of drug-likeness (QED) is 0.809. The molecule has 1 N–H and O–H groups in total. The molecule has 0 heterocycles. The molecule has 0 spiro atoms. The Morgan fingerprint density at radius 3 is 2.28 bits per heavy atom. The lowest BCUT2D eigenvalue weighted by atomic mass is 10.1. The highest BCUT2D eigenvalue weighted by Gasteiger charge is 2.32. The third kappa shape index (κ3) is 2.59. The van der Waals surface area contributed by atoms with E-state index in [4.69, 9.17) is 5.11 Å². The van der Waals surface area contributed by atoms with Crippen LogP contribution < -0.4 is 0 Å². The summed E-state index contributed by atoms with van der Waals surface area (Å²) in [6.07, 6.45) is 3.78. The normalized spacial score (nSPS) is 14.0. The van der Waals surface area contributed by atoms with Gasteiger partial charge in [-0.3, -0.25) is 4.79 Å². The molecule has 18 heavy (non-hydrogen) atoms. The fourth-order valence-electron chi connectivity index (χ4n) is 1.84. The predicted molar refractivity (Wildman–Crippen MR) is 67.7 cm³/mol. The molecular formula is C14H15NO3. The number of amides is 1. The molecule has 2 rings (SSSR count). The summed E-state index contributed by atoms with van der Waals surface area (Å²) in [6.45, 7) is 4.18. The highest BCUT2D eigenvalue weighted by Crippen LogP contribution is 2.28. The molecule has 1 amide bonds. The number of nitrogens with zero attached hydrogens (tertiary/aromatic N) is 1. The van der Waals surface area contributed by atoms with Gasteiger partial charge in [0.1, 0.15) is 0 Å². The summed E-state index contributed by atoms with van der Waals surface area (Å²) in [5, 5.41) is 8.80. The fourth-order valence-corrected chi connectivity index (χ4v) is 1.84. The molecule has 4 nitrogen and oxygen atoms in total. The van der Waals surface area contributed by atoms with E-state index in [9.17, 15) is 9.59 Å². The van der Waals surface area contributed by atoms with E-state index in [-0.39, 0.29) is 11.5 Å². The zero-order valence-electron chi connectivity index (χ0n) is 10.0. The molecule has 0 bridgehead atoms. The van der Waals surface area contributed by atoms with Gasteiger partial charge in [-0.15, -0.1) is 6.58 Å². The second kappa shape index (κ2) is 5.04. The minimum absolute atomic E-state index is 0.0608. The Balaban J connectivity index is 2.16. The molecule has 1 aliphatic rings. The van der Waals surface area contributed by atoms with Gasteiger partial charge in [0.25, 0.3) is 5.91 Å².